The smallest absolute Gasteiger partial charge is 0.407 e. The quantitative estimate of drug-likeness (QED) is 0.558. The number of phenolic OH excluding ortho intramolecular Hbond substituents is 1. The third-order valence-electron chi connectivity index (χ3n) is 6.16. The number of phenols is 1. The van der Waals surface area contributed by atoms with E-state index >= 15 is 4.39 Å². The molecule has 1 atom stereocenters. The predicted molar refractivity (Wildman–Crippen MR) is 118 cm³/mol. The van der Waals surface area contributed by atoms with Gasteiger partial charge in [-0.25, -0.2) is 13.6 Å². The fourth-order valence-corrected chi connectivity index (χ4v) is 4.84. The maximum Gasteiger partial charge on any atom is 0.407 e. The van der Waals surface area contributed by atoms with Crippen molar-refractivity contribution in [3.63, 3.8) is 0 Å². The molecule has 2 N–H and O–H groups in total. The van der Waals surface area contributed by atoms with E-state index in [1.54, 1.807) is 4.90 Å². The minimum atomic E-state index is -1.13. The lowest BCUT2D eigenvalue weighted by Gasteiger charge is -2.46. The number of halogens is 3. The number of aromatic hydroxyl groups is 1. The Hall–Kier alpha value is -3.66. The van der Waals surface area contributed by atoms with Gasteiger partial charge in [0.1, 0.15) is 23.1 Å². The number of pyridine rings is 1. The van der Waals surface area contributed by atoms with Gasteiger partial charge in [-0.1, -0.05) is 17.7 Å². The lowest BCUT2D eigenvalue weighted by molar-refractivity contribution is -0.120. The third-order valence-corrected chi connectivity index (χ3v) is 6.46. The molecule has 0 aliphatic carbocycles. The highest BCUT2D eigenvalue weighted by molar-refractivity contribution is 6.34. The molecule has 8 nitrogen and oxygen atoms in total. The second-order valence-corrected chi connectivity index (χ2v) is 8.31. The summed E-state index contributed by atoms with van der Waals surface area (Å²) in [6.07, 6.45) is 0.219. The monoisotopic (exact) mass is 474 g/mol. The fraction of sp³-hybridized carbons (Fsp3) is 0.227. The molecule has 3 heterocycles. The van der Waals surface area contributed by atoms with Crippen molar-refractivity contribution in [3.05, 3.63) is 47.1 Å². The van der Waals surface area contributed by atoms with Crippen LogP contribution >= 0.6 is 11.6 Å². The summed E-state index contributed by atoms with van der Waals surface area (Å²) < 4.78 is 30.2. The summed E-state index contributed by atoms with van der Waals surface area (Å²) in [5, 5.41) is 19.7. The van der Waals surface area contributed by atoms with Gasteiger partial charge in [0.05, 0.1) is 34.7 Å². The van der Waals surface area contributed by atoms with Crippen molar-refractivity contribution in [3.8, 4) is 16.9 Å². The Bertz CT molecular complexity index is 1330. The number of carbonyl (C=O) groups is 2. The molecule has 0 spiro atoms. The molecule has 5 rings (SSSR count). The standard InChI is InChI=1S/C22H17ClF2N4O4/c1-27-13-8-26-19-10(20(13)29-6-5-28(22(32)33)9-14(29)21(27)31)7-11(23)16(18(19)25)17-12(24)3-2-4-15(17)30/h2-4,7-8,14,30H,5-6,9H2,1H3,(H,32,33)/t14-/m1/s1. The zero-order valence-electron chi connectivity index (χ0n) is 17.2. The molecular weight excluding hydrogens is 458 g/mol. The van der Waals surface area contributed by atoms with E-state index in [1.165, 1.54) is 36.3 Å². The van der Waals surface area contributed by atoms with Gasteiger partial charge in [0.15, 0.2) is 5.82 Å². The van der Waals surface area contributed by atoms with Crippen molar-refractivity contribution in [1.82, 2.24) is 9.88 Å². The SMILES string of the molecule is CN1C(=O)[C@H]2CN(C(=O)O)CCN2c2c1cnc1c(F)c(-c3c(O)cccc3F)c(Cl)cc21. The fourth-order valence-electron chi connectivity index (χ4n) is 4.55. The number of piperazine rings is 1. The third kappa shape index (κ3) is 3.05. The summed E-state index contributed by atoms with van der Waals surface area (Å²) in [4.78, 5) is 32.8. The minimum absolute atomic E-state index is 0.0425. The number of anilines is 2. The van der Waals surface area contributed by atoms with Gasteiger partial charge < -0.3 is 24.9 Å². The van der Waals surface area contributed by atoms with E-state index in [9.17, 15) is 24.2 Å². The first-order valence-corrected chi connectivity index (χ1v) is 10.4. The molecule has 1 fully saturated rings. The molecule has 0 bridgehead atoms. The largest absolute Gasteiger partial charge is 0.507 e. The van der Waals surface area contributed by atoms with Crippen LogP contribution in [0, 0.1) is 11.6 Å². The zero-order chi connectivity index (χ0) is 23.6. The number of aromatic nitrogens is 1. The predicted octanol–water partition coefficient (Wildman–Crippen LogP) is 3.68. The molecule has 0 unspecified atom stereocenters. The van der Waals surface area contributed by atoms with Gasteiger partial charge in [0.25, 0.3) is 5.91 Å². The lowest BCUT2D eigenvalue weighted by Crippen LogP contribution is -2.62. The van der Waals surface area contributed by atoms with Crippen molar-refractivity contribution >= 4 is 45.9 Å². The van der Waals surface area contributed by atoms with Crippen LogP contribution < -0.4 is 9.80 Å². The minimum Gasteiger partial charge on any atom is -0.507 e. The Morgan fingerprint density at radius 2 is 2.00 bits per heavy atom. The van der Waals surface area contributed by atoms with Crippen molar-refractivity contribution < 1.29 is 28.6 Å². The summed E-state index contributed by atoms with van der Waals surface area (Å²) in [6.45, 7) is 0.320. The molecule has 0 radical (unpaired) electrons. The van der Waals surface area contributed by atoms with E-state index in [0.29, 0.717) is 16.8 Å². The van der Waals surface area contributed by atoms with Crippen molar-refractivity contribution in [2.75, 3.05) is 36.5 Å². The summed E-state index contributed by atoms with van der Waals surface area (Å²) in [5.41, 5.74) is 0.103. The Morgan fingerprint density at radius 1 is 1.24 bits per heavy atom. The Kier molecular flexibility index (Phi) is 4.78. The molecule has 11 heteroatoms. The molecule has 170 valence electrons. The van der Waals surface area contributed by atoms with Crippen LogP contribution in [-0.4, -0.2) is 64.8 Å². The maximum absolute atomic E-state index is 15.7. The highest BCUT2D eigenvalue weighted by atomic mass is 35.5. The Morgan fingerprint density at radius 3 is 2.70 bits per heavy atom. The molecule has 2 aromatic carbocycles. The van der Waals surface area contributed by atoms with Gasteiger partial charge in [0.2, 0.25) is 0 Å². The topological polar surface area (TPSA) is 97.2 Å². The Labute approximate surface area is 191 Å². The summed E-state index contributed by atoms with van der Waals surface area (Å²) >= 11 is 6.40. The van der Waals surface area contributed by atoms with Gasteiger partial charge >= 0.3 is 6.09 Å². The number of rotatable bonds is 1. The molecule has 2 aliphatic rings. The number of carboxylic acid groups (broad SMARTS) is 1. The van der Waals surface area contributed by atoms with E-state index in [1.807, 2.05) is 0 Å². The van der Waals surface area contributed by atoms with Crippen LogP contribution in [0.5, 0.6) is 5.75 Å². The van der Waals surface area contributed by atoms with Gasteiger partial charge in [-0.05, 0) is 18.2 Å². The van der Waals surface area contributed by atoms with Crippen LogP contribution in [0.3, 0.4) is 0 Å². The van der Waals surface area contributed by atoms with E-state index < -0.39 is 29.5 Å². The number of hydrogen-bond acceptors (Lipinski definition) is 5. The summed E-state index contributed by atoms with van der Waals surface area (Å²) in [6, 6.07) is 4.24. The highest BCUT2D eigenvalue weighted by Gasteiger charge is 2.42. The number of benzene rings is 2. The van der Waals surface area contributed by atoms with Crippen LogP contribution in [0.2, 0.25) is 5.02 Å². The molecule has 33 heavy (non-hydrogen) atoms. The normalized spacial score (nSPS) is 17.9. The average molecular weight is 475 g/mol. The van der Waals surface area contributed by atoms with Gasteiger partial charge in [0, 0.05) is 31.1 Å². The first kappa shape index (κ1) is 21.2. The Balaban J connectivity index is 1.75. The number of amides is 2. The van der Waals surface area contributed by atoms with Crippen LogP contribution in [0.25, 0.3) is 22.0 Å². The molecular formula is C22H17ClF2N4O4. The summed E-state index contributed by atoms with van der Waals surface area (Å²) in [5.74, 6) is -2.54. The number of nitrogens with zero attached hydrogens (tertiary/aromatic N) is 4. The molecule has 1 aromatic heterocycles. The number of likely N-dealkylation sites (N-methyl/N-ethyl adjacent to an activating group) is 1. The van der Waals surface area contributed by atoms with Gasteiger partial charge in [-0.2, -0.15) is 0 Å². The first-order chi connectivity index (χ1) is 15.7. The van der Waals surface area contributed by atoms with Crippen LogP contribution in [0.15, 0.2) is 30.5 Å². The van der Waals surface area contributed by atoms with E-state index in [-0.39, 0.29) is 47.2 Å². The van der Waals surface area contributed by atoms with Crippen LogP contribution in [-0.2, 0) is 4.79 Å². The van der Waals surface area contributed by atoms with E-state index in [0.717, 1.165) is 11.0 Å². The lowest BCUT2D eigenvalue weighted by atomic mass is 9.97. The average Bonchev–Trinajstić information content (AvgIpc) is 2.78. The second kappa shape index (κ2) is 7.45. The number of hydrogen-bond donors (Lipinski definition) is 2. The maximum atomic E-state index is 15.7. The van der Waals surface area contributed by atoms with Gasteiger partial charge in [-0.15, -0.1) is 0 Å². The first-order valence-electron chi connectivity index (χ1n) is 10.0. The van der Waals surface area contributed by atoms with E-state index in [4.69, 9.17) is 11.6 Å². The van der Waals surface area contributed by atoms with E-state index in [2.05, 4.69) is 4.98 Å². The van der Waals surface area contributed by atoms with Crippen molar-refractivity contribution in [1.29, 1.82) is 0 Å². The van der Waals surface area contributed by atoms with Crippen LogP contribution in [0.1, 0.15) is 0 Å². The molecule has 1 saturated heterocycles. The molecule has 2 amide bonds. The molecule has 3 aromatic rings. The molecule has 0 saturated carbocycles. The van der Waals surface area contributed by atoms with Crippen molar-refractivity contribution in [2.45, 2.75) is 6.04 Å². The highest BCUT2D eigenvalue weighted by Crippen LogP contribution is 2.46. The van der Waals surface area contributed by atoms with Gasteiger partial charge in [-0.3, -0.25) is 9.78 Å². The molecule has 2 aliphatic heterocycles. The number of carbonyl (C=O) groups excluding carboxylic acids is 1. The number of fused-ring (bicyclic) bond motifs is 5. The van der Waals surface area contributed by atoms with Crippen molar-refractivity contribution in [2.24, 2.45) is 0 Å². The zero-order valence-corrected chi connectivity index (χ0v) is 18.0. The van der Waals surface area contributed by atoms with Crippen LogP contribution in [0.4, 0.5) is 25.0 Å². The summed E-state index contributed by atoms with van der Waals surface area (Å²) in [7, 11) is 1.54. The second-order valence-electron chi connectivity index (χ2n) is 7.90.